The maximum atomic E-state index is 14.2. The Morgan fingerprint density at radius 2 is 1.56 bits per heavy atom. The molecule has 0 aromatic heterocycles. The van der Waals surface area contributed by atoms with Crippen LogP contribution in [-0.2, 0) is 38.1 Å². The first-order valence-corrected chi connectivity index (χ1v) is 20.3. The average molecular weight is 817 g/mol. The lowest BCUT2D eigenvalue weighted by Gasteiger charge is -2.65. The summed E-state index contributed by atoms with van der Waals surface area (Å²) in [7, 11) is 0. The van der Waals surface area contributed by atoms with Crippen LogP contribution in [0, 0.1) is 28.6 Å². The number of hydrogen-bond donors (Lipinski definition) is 4. The Balaban J connectivity index is 1.34. The summed E-state index contributed by atoms with van der Waals surface area (Å²) in [5.74, 6) is -4.59. The monoisotopic (exact) mass is 816 g/mol. The standard InChI is InChI=1S/C45H56N2O12/c1-24-30(57-39(52)35(50)34(27-15-11-9-12-16-27)46-40(53)47-41(4,5)6)22-45(54)37(58-38(51)28-17-13-10-14-18-28)36-43(21-31(56-25(2)48)33(24)42(45,7)8)20-29(43)19-32-44(36,23-55-32)59-26(3)49/h9-18,29,31-37,50,54H,19-23H2,1-8H3,(H2,46,47,53)/t29-,31+,32?,33?,34+,35-,36?,37+,43-,44+,45-/m1/s1. The summed E-state index contributed by atoms with van der Waals surface area (Å²) >= 11 is 0. The summed E-state index contributed by atoms with van der Waals surface area (Å²) in [5, 5.41) is 30.9. The van der Waals surface area contributed by atoms with Gasteiger partial charge in [-0.25, -0.2) is 14.4 Å². The van der Waals surface area contributed by atoms with Gasteiger partial charge in [-0.3, -0.25) is 9.59 Å². The highest BCUT2D eigenvalue weighted by molar-refractivity contribution is 5.89. The summed E-state index contributed by atoms with van der Waals surface area (Å²) in [4.78, 5) is 67.5. The molecule has 2 amide bonds. The Morgan fingerprint density at radius 3 is 2.14 bits per heavy atom. The van der Waals surface area contributed by atoms with Crippen molar-refractivity contribution in [2.75, 3.05) is 6.61 Å². The highest BCUT2D eigenvalue weighted by Gasteiger charge is 2.81. The number of esters is 4. The number of hydrogen-bond acceptors (Lipinski definition) is 12. The quantitative estimate of drug-likeness (QED) is 0.194. The van der Waals surface area contributed by atoms with E-state index < -0.39 is 99.8 Å². The molecule has 11 atom stereocenters. The summed E-state index contributed by atoms with van der Waals surface area (Å²) in [5.41, 5.74) is -4.80. The molecule has 4 fully saturated rings. The molecule has 3 saturated carbocycles. The third-order valence-electron chi connectivity index (χ3n) is 13.5. The molecular formula is C45H56N2O12. The lowest BCUT2D eigenvalue weighted by Crippen LogP contribution is -2.77. The van der Waals surface area contributed by atoms with E-state index in [1.807, 2.05) is 0 Å². The third-order valence-corrected chi connectivity index (χ3v) is 13.5. The summed E-state index contributed by atoms with van der Waals surface area (Å²) < 4.78 is 31.2. The van der Waals surface area contributed by atoms with Gasteiger partial charge in [-0.15, -0.1) is 0 Å². The van der Waals surface area contributed by atoms with Crippen molar-refractivity contribution in [1.82, 2.24) is 10.6 Å². The minimum atomic E-state index is -2.07. The first kappa shape index (κ1) is 42.3. The van der Waals surface area contributed by atoms with Crippen LogP contribution in [0.15, 0.2) is 72.0 Å². The van der Waals surface area contributed by atoms with Crippen molar-refractivity contribution >= 4 is 29.9 Å². The number of nitrogens with one attached hydrogen (secondary N) is 2. The van der Waals surface area contributed by atoms with Gasteiger partial charge in [0.15, 0.2) is 11.7 Å². The molecule has 2 aromatic carbocycles. The second-order valence-electron chi connectivity index (χ2n) is 18.7. The molecule has 1 aliphatic heterocycles. The minimum Gasteiger partial charge on any atom is -0.462 e. The first-order valence-electron chi connectivity index (χ1n) is 20.3. The lowest BCUT2D eigenvalue weighted by molar-refractivity contribution is -0.332. The summed E-state index contributed by atoms with van der Waals surface area (Å²) in [6.45, 7) is 13.3. The molecule has 14 heteroatoms. The molecule has 59 heavy (non-hydrogen) atoms. The highest BCUT2D eigenvalue weighted by atomic mass is 16.6. The van der Waals surface area contributed by atoms with Gasteiger partial charge in [-0.1, -0.05) is 62.4 Å². The number of aliphatic hydroxyl groups excluding tert-OH is 1. The zero-order valence-electron chi connectivity index (χ0n) is 34.9. The van der Waals surface area contributed by atoms with Gasteiger partial charge in [-0.05, 0) is 81.6 Å². The highest BCUT2D eigenvalue weighted by Crippen LogP contribution is 2.76. The van der Waals surface area contributed by atoms with Crippen molar-refractivity contribution in [3.63, 3.8) is 0 Å². The summed E-state index contributed by atoms with van der Waals surface area (Å²) in [6.07, 6.45) is -3.64. The van der Waals surface area contributed by atoms with E-state index in [1.54, 1.807) is 102 Å². The average Bonchev–Trinajstić information content (AvgIpc) is 3.85. The van der Waals surface area contributed by atoms with Crippen LogP contribution in [0.2, 0.25) is 0 Å². The second kappa shape index (κ2) is 15.0. The predicted octanol–water partition coefficient (Wildman–Crippen LogP) is 5.07. The molecule has 1 heterocycles. The van der Waals surface area contributed by atoms with Crippen LogP contribution in [0.3, 0.4) is 0 Å². The number of amides is 2. The number of urea groups is 1. The molecule has 318 valence electrons. The SMILES string of the molecule is CC(=O)O[C@H]1C[C@]23C[C@H]2CC2OC[C@@]2(OC(C)=O)C3[C@H](OC(=O)c2ccccc2)[C@]2(O)CC(OC(=O)[C@H](O)[C@@H](NC(=O)NC(C)(C)C)c3ccccc3)=C(C)C1C2(C)C. The Morgan fingerprint density at radius 1 is 0.915 bits per heavy atom. The van der Waals surface area contributed by atoms with Gasteiger partial charge in [-0.2, -0.15) is 0 Å². The molecule has 7 rings (SSSR count). The van der Waals surface area contributed by atoms with Gasteiger partial charge >= 0.3 is 29.9 Å². The molecule has 2 aromatic rings. The van der Waals surface area contributed by atoms with E-state index in [1.165, 1.54) is 13.8 Å². The number of aliphatic hydroxyl groups is 2. The van der Waals surface area contributed by atoms with Crippen LogP contribution in [0.4, 0.5) is 4.79 Å². The van der Waals surface area contributed by atoms with Gasteiger partial charge in [0, 0.05) is 43.1 Å². The lowest BCUT2D eigenvalue weighted by atomic mass is 9.47. The zero-order chi connectivity index (χ0) is 42.9. The number of rotatable bonds is 9. The van der Waals surface area contributed by atoms with Crippen LogP contribution in [0.5, 0.6) is 0 Å². The normalized spacial score (nSPS) is 33.7. The molecule has 3 unspecified atom stereocenters. The molecule has 4 N–H and O–H groups in total. The van der Waals surface area contributed by atoms with Gasteiger partial charge < -0.3 is 44.5 Å². The van der Waals surface area contributed by atoms with E-state index in [0.29, 0.717) is 24.0 Å². The maximum absolute atomic E-state index is 14.2. The predicted molar refractivity (Wildman–Crippen MR) is 211 cm³/mol. The van der Waals surface area contributed by atoms with Crippen molar-refractivity contribution in [2.45, 2.75) is 128 Å². The van der Waals surface area contributed by atoms with Crippen LogP contribution in [0.25, 0.3) is 0 Å². The molecular weight excluding hydrogens is 760 g/mol. The van der Waals surface area contributed by atoms with Crippen LogP contribution in [-0.4, -0.2) is 87.9 Å². The van der Waals surface area contributed by atoms with Crippen LogP contribution in [0.1, 0.15) is 103 Å². The number of fused-ring (bicyclic) bond motifs is 4. The number of carbonyl (C=O) groups excluding carboxylic acids is 5. The topological polar surface area (TPSA) is 196 Å². The summed E-state index contributed by atoms with van der Waals surface area (Å²) in [6, 6.07) is 15.0. The Labute approximate surface area is 344 Å². The molecule has 5 aliphatic rings. The van der Waals surface area contributed by atoms with Crippen molar-refractivity contribution in [3.8, 4) is 0 Å². The van der Waals surface area contributed by atoms with Crippen LogP contribution < -0.4 is 10.6 Å². The Bertz CT molecular complexity index is 2030. The molecule has 1 spiro atoms. The zero-order valence-corrected chi connectivity index (χ0v) is 34.9. The van der Waals surface area contributed by atoms with E-state index in [0.717, 1.165) is 0 Å². The van der Waals surface area contributed by atoms with Gasteiger partial charge in [0.1, 0.15) is 29.7 Å². The third kappa shape index (κ3) is 7.41. The van der Waals surface area contributed by atoms with Gasteiger partial charge in [0.25, 0.3) is 0 Å². The number of benzene rings is 2. The van der Waals surface area contributed by atoms with E-state index in [9.17, 15) is 34.2 Å². The van der Waals surface area contributed by atoms with Gasteiger partial charge in [0.2, 0.25) is 0 Å². The fraction of sp³-hybridized carbons (Fsp3) is 0.578. The first-order chi connectivity index (χ1) is 27.6. The van der Waals surface area contributed by atoms with E-state index in [2.05, 4.69) is 10.6 Å². The Hall–Kier alpha value is -4.79. The number of ether oxygens (including phenoxy) is 5. The van der Waals surface area contributed by atoms with E-state index in [-0.39, 0.29) is 36.7 Å². The second-order valence-corrected chi connectivity index (χ2v) is 18.7. The van der Waals surface area contributed by atoms with Crippen molar-refractivity contribution in [2.24, 2.45) is 28.6 Å². The smallest absolute Gasteiger partial charge is 0.342 e. The van der Waals surface area contributed by atoms with Crippen molar-refractivity contribution < 1.29 is 57.9 Å². The molecule has 1 saturated heterocycles. The fourth-order valence-corrected chi connectivity index (χ4v) is 10.9. The molecule has 4 aliphatic carbocycles. The van der Waals surface area contributed by atoms with E-state index in [4.69, 9.17) is 23.7 Å². The molecule has 14 nitrogen and oxygen atoms in total. The van der Waals surface area contributed by atoms with Crippen molar-refractivity contribution in [1.29, 1.82) is 0 Å². The molecule has 2 bridgehead atoms. The van der Waals surface area contributed by atoms with Gasteiger partial charge in [0.05, 0.1) is 18.2 Å². The minimum absolute atomic E-state index is 0.00644. The largest absolute Gasteiger partial charge is 0.462 e. The van der Waals surface area contributed by atoms with E-state index >= 15 is 0 Å². The van der Waals surface area contributed by atoms with Crippen LogP contribution >= 0.6 is 0 Å². The maximum Gasteiger partial charge on any atom is 0.342 e. The fourth-order valence-electron chi connectivity index (χ4n) is 10.9. The molecule has 0 radical (unpaired) electrons. The number of carbonyl (C=O) groups is 5. The van der Waals surface area contributed by atoms with Crippen molar-refractivity contribution in [3.05, 3.63) is 83.1 Å². The Kier molecular flexibility index (Phi) is 10.8.